The maximum Gasteiger partial charge on any atom is 0.401 e. The highest BCUT2D eigenvalue weighted by atomic mass is 19.4. The first-order valence-corrected chi connectivity index (χ1v) is 10.2. The van der Waals surface area contributed by atoms with Crippen LogP contribution in [0.4, 0.5) is 13.2 Å². The fraction of sp³-hybridized carbons (Fsp3) is 0.947. The highest BCUT2D eigenvalue weighted by Gasteiger charge is 2.34. The average molecular weight is 392 g/mol. The Morgan fingerprint density at radius 2 is 1.78 bits per heavy atom. The zero-order chi connectivity index (χ0) is 19.9. The van der Waals surface area contributed by atoms with E-state index in [1.165, 1.54) is 24.4 Å². The maximum atomic E-state index is 12.5. The van der Waals surface area contributed by atoms with Gasteiger partial charge in [-0.3, -0.25) is 9.89 Å². The Hall–Kier alpha value is -1.02. The number of alkyl halides is 3. The summed E-state index contributed by atoms with van der Waals surface area (Å²) in [6.07, 6.45) is 0.125. The summed E-state index contributed by atoms with van der Waals surface area (Å²) in [5, 5.41) is 6.55. The van der Waals surface area contributed by atoms with E-state index in [0.717, 1.165) is 37.8 Å². The average Bonchev–Trinajstić information content (AvgIpc) is 2.97. The van der Waals surface area contributed by atoms with Gasteiger partial charge in [0.2, 0.25) is 0 Å². The molecule has 8 heteroatoms. The van der Waals surface area contributed by atoms with Gasteiger partial charge < -0.3 is 15.5 Å². The lowest BCUT2D eigenvalue weighted by Crippen LogP contribution is -2.45. The van der Waals surface area contributed by atoms with Crippen LogP contribution in [0.3, 0.4) is 0 Å². The molecule has 3 atom stereocenters. The Labute approximate surface area is 161 Å². The molecule has 0 spiro atoms. The molecule has 3 unspecified atom stereocenters. The second-order valence-corrected chi connectivity index (χ2v) is 8.39. The first kappa shape index (κ1) is 22.3. The van der Waals surface area contributed by atoms with Gasteiger partial charge in [-0.15, -0.1) is 0 Å². The first-order chi connectivity index (χ1) is 12.7. The van der Waals surface area contributed by atoms with E-state index in [4.69, 9.17) is 0 Å². The van der Waals surface area contributed by atoms with Crippen molar-refractivity contribution in [3.63, 3.8) is 0 Å². The summed E-state index contributed by atoms with van der Waals surface area (Å²) in [5.41, 5.74) is 0. The number of likely N-dealkylation sites (tertiary alicyclic amines) is 2. The SMILES string of the molecule is CN=C(NCCCCN1CC(C)CC(C)C1)NC1CCN(CC(F)(F)F)C1. The largest absolute Gasteiger partial charge is 0.401 e. The second-order valence-electron chi connectivity index (χ2n) is 8.39. The predicted molar refractivity (Wildman–Crippen MR) is 104 cm³/mol. The fourth-order valence-corrected chi connectivity index (χ4v) is 4.38. The van der Waals surface area contributed by atoms with Crippen molar-refractivity contribution < 1.29 is 13.2 Å². The molecule has 2 rings (SSSR count). The molecule has 2 aliphatic rings. The number of hydrogen-bond donors (Lipinski definition) is 2. The number of unbranched alkanes of at least 4 members (excludes halogenated alkanes) is 1. The van der Waals surface area contributed by atoms with Crippen LogP contribution in [0.5, 0.6) is 0 Å². The van der Waals surface area contributed by atoms with Crippen LogP contribution in [-0.4, -0.2) is 80.8 Å². The number of aliphatic imine (C=N–C) groups is 1. The van der Waals surface area contributed by atoms with Gasteiger partial charge in [-0.1, -0.05) is 13.8 Å². The molecule has 2 saturated heterocycles. The van der Waals surface area contributed by atoms with Crippen molar-refractivity contribution in [1.29, 1.82) is 0 Å². The normalized spacial score (nSPS) is 28.5. The molecule has 0 radical (unpaired) electrons. The molecule has 0 aromatic rings. The lowest BCUT2D eigenvalue weighted by Gasteiger charge is -2.34. The van der Waals surface area contributed by atoms with Crippen molar-refractivity contribution in [3.05, 3.63) is 0 Å². The van der Waals surface area contributed by atoms with Crippen molar-refractivity contribution in [1.82, 2.24) is 20.4 Å². The highest BCUT2D eigenvalue weighted by Crippen LogP contribution is 2.21. The third kappa shape index (κ3) is 8.68. The van der Waals surface area contributed by atoms with Gasteiger partial charge in [-0.2, -0.15) is 13.2 Å². The van der Waals surface area contributed by atoms with Gasteiger partial charge in [0.1, 0.15) is 0 Å². The van der Waals surface area contributed by atoms with E-state index in [9.17, 15) is 13.2 Å². The Morgan fingerprint density at radius 1 is 1.07 bits per heavy atom. The van der Waals surface area contributed by atoms with Crippen LogP contribution < -0.4 is 10.6 Å². The van der Waals surface area contributed by atoms with E-state index in [-0.39, 0.29) is 6.04 Å². The number of hydrogen-bond acceptors (Lipinski definition) is 3. The molecular formula is C19H36F3N5. The molecule has 0 aliphatic carbocycles. The molecule has 5 nitrogen and oxygen atoms in total. The molecule has 158 valence electrons. The molecule has 0 aromatic heterocycles. The number of piperidine rings is 1. The molecular weight excluding hydrogens is 355 g/mol. The van der Waals surface area contributed by atoms with Crippen molar-refractivity contribution in [3.8, 4) is 0 Å². The van der Waals surface area contributed by atoms with Crippen molar-refractivity contribution in [2.75, 3.05) is 52.9 Å². The van der Waals surface area contributed by atoms with Crippen LogP contribution in [0.2, 0.25) is 0 Å². The quantitative estimate of drug-likeness (QED) is 0.398. The predicted octanol–water partition coefficient (Wildman–Crippen LogP) is 2.55. The third-order valence-electron chi connectivity index (χ3n) is 5.38. The van der Waals surface area contributed by atoms with Crippen LogP contribution >= 0.6 is 0 Å². The zero-order valence-corrected chi connectivity index (χ0v) is 17.0. The Bertz CT molecular complexity index is 459. The van der Waals surface area contributed by atoms with E-state index in [2.05, 4.69) is 34.4 Å². The number of nitrogens with one attached hydrogen (secondary N) is 2. The summed E-state index contributed by atoms with van der Waals surface area (Å²) in [6, 6.07) is 0.0230. The van der Waals surface area contributed by atoms with Crippen LogP contribution in [0, 0.1) is 11.8 Å². The molecule has 2 N–H and O–H groups in total. The standard InChI is InChI=1S/C19H36F3N5/c1-15-10-16(2)12-26(11-15)8-5-4-7-24-18(23-3)25-17-6-9-27(13-17)14-19(20,21)22/h15-17H,4-14H2,1-3H3,(H2,23,24,25). The topological polar surface area (TPSA) is 42.9 Å². The summed E-state index contributed by atoms with van der Waals surface area (Å²) < 4.78 is 37.4. The van der Waals surface area contributed by atoms with Gasteiger partial charge in [0.05, 0.1) is 6.54 Å². The highest BCUT2D eigenvalue weighted by molar-refractivity contribution is 5.79. The lowest BCUT2D eigenvalue weighted by atomic mass is 9.92. The number of guanidine groups is 1. The van der Waals surface area contributed by atoms with Crippen LogP contribution in [-0.2, 0) is 0 Å². The number of rotatable bonds is 7. The first-order valence-electron chi connectivity index (χ1n) is 10.2. The van der Waals surface area contributed by atoms with Gasteiger partial charge in [-0.25, -0.2) is 0 Å². The minimum absolute atomic E-state index is 0.0230. The Morgan fingerprint density at radius 3 is 2.41 bits per heavy atom. The van der Waals surface area contributed by atoms with E-state index in [0.29, 0.717) is 25.5 Å². The fourth-order valence-electron chi connectivity index (χ4n) is 4.38. The van der Waals surface area contributed by atoms with Gasteiger partial charge in [-0.05, 0) is 44.1 Å². The number of halogens is 3. The van der Waals surface area contributed by atoms with E-state index < -0.39 is 12.7 Å². The van der Waals surface area contributed by atoms with Gasteiger partial charge in [0.15, 0.2) is 5.96 Å². The third-order valence-corrected chi connectivity index (χ3v) is 5.38. The smallest absolute Gasteiger partial charge is 0.356 e. The maximum absolute atomic E-state index is 12.5. The Kier molecular flexibility index (Phi) is 8.66. The lowest BCUT2D eigenvalue weighted by molar-refractivity contribution is -0.143. The van der Waals surface area contributed by atoms with Gasteiger partial charge in [0, 0.05) is 45.8 Å². The van der Waals surface area contributed by atoms with Crippen LogP contribution in [0.1, 0.15) is 39.5 Å². The van der Waals surface area contributed by atoms with E-state index >= 15 is 0 Å². The molecule has 0 saturated carbocycles. The van der Waals surface area contributed by atoms with Crippen molar-refractivity contribution >= 4 is 5.96 Å². The van der Waals surface area contributed by atoms with E-state index in [1.54, 1.807) is 7.05 Å². The van der Waals surface area contributed by atoms with Crippen LogP contribution in [0.15, 0.2) is 4.99 Å². The van der Waals surface area contributed by atoms with Crippen molar-refractivity contribution in [2.45, 2.75) is 51.7 Å². The van der Waals surface area contributed by atoms with Gasteiger partial charge in [0.25, 0.3) is 0 Å². The molecule has 2 aliphatic heterocycles. The summed E-state index contributed by atoms with van der Waals surface area (Å²) in [4.78, 5) is 8.22. The van der Waals surface area contributed by atoms with E-state index in [1.807, 2.05) is 0 Å². The molecule has 0 bridgehead atoms. The summed E-state index contributed by atoms with van der Waals surface area (Å²) >= 11 is 0. The molecule has 2 heterocycles. The van der Waals surface area contributed by atoms with Gasteiger partial charge >= 0.3 is 6.18 Å². The van der Waals surface area contributed by atoms with Crippen molar-refractivity contribution in [2.24, 2.45) is 16.8 Å². The second kappa shape index (κ2) is 10.5. The summed E-state index contributed by atoms with van der Waals surface area (Å²) in [6.45, 7) is 9.10. The molecule has 0 aromatic carbocycles. The minimum atomic E-state index is -4.13. The summed E-state index contributed by atoms with van der Waals surface area (Å²) in [7, 11) is 1.70. The van der Waals surface area contributed by atoms with Crippen LogP contribution in [0.25, 0.3) is 0 Å². The Balaban J connectivity index is 1.58. The number of nitrogens with zero attached hydrogens (tertiary/aromatic N) is 3. The minimum Gasteiger partial charge on any atom is -0.356 e. The molecule has 0 amide bonds. The molecule has 2 fully saturated rings. The monoisotopic (exact) mass is 391 g/mol. The zero-order valence-electron chi connectivity index (χ0n) is 17.0. The summed E-state index contributed by atoms with van der Waals surface area (Å²) in [5.74, 6) is 2.27. The molecule has 27 heavy (non-hydrogen) atoms.